The zero-order valence-corrected chi connectivity index (χ0v) is 12.6. The summed E-state index contributed by atoms with van der Waals surface area (Å²) < 4.78 is 0. The first-order valence-corrected chi connectivity index (χ1v) is 7.74. The van der Waals surface area contributed by atoms with Gasteiger partial charge in [0.2, 0.25) is 0 Å². The van der Waals surface area contributed by atoms with Crippen molar-refractivity contribution in [1.29, 1.82) is 0 Å². The highest BCUT2D eigenvalue weighted by atomic mass is 15.2. The van der Waals surface area contributed by atoms with Crippen LogP contribution in [-0.4, -0.2) is 29.0 Å². The first-order valence-electron chi connectivity index (χ1n) is 7.74. The summed E-state index contributed by atoms with van der Waals surface area (Å²) >= 11 is 0. The monoisotopic (exact) mass is 281 g/mol. The molecule has 0 radical (unpaired) electrons. The van der Waals surface area contributed by atoms with Crippen LogP contribution in [0, 0.1) is 0 Å². The maximum absolute atomic E-state index is 4.16. The van der Waals surface area contributed by atoms with E-state index in [1.54, 1.807) is 0 Å². The van der Waals surface area contributed by atoms with E-state index in [9.17, 15) is 0 Å². The molecule has 0 saturated carbocycles. The third kappa shape index (κ3) is 3.69. The summed E-state index contributed by atoms with van der Waals surface area (Å²) in [5, 5.41) is 3.65. The summed E-state index contributed by atoms with van der Waals surface area (Å²) in [4.78, 5) is 6.73. The summed E-state index contributed by atoms with van der Waals surface area (Å²) in [5.74, 6) is 0. The Morgan fingerprint density at radius 1 is 1.24 bits per heavy atom. The topological polar surface area (TPSA) is 28.2 Å². The fraction of sp³-hybridized carbons (Fsp3) is 0.389. The Morgan fingerprint density at radius 3 is 2.86 bits per heavy atom. The molecule has 1 aromatic carbocycles. The number of pyridine rings is 1. The zero-order chi connectivity index (χ0) is 14.5. The van der Waals surface area contributed by atoms with Crippen LogP contribution in [0.25, 0.3) is 0 Å². The van der Waals surface area contributed by atoms with Crippen LogP contribution in [-0.2, 0) is 6.54 Å². The molecule has 3 nitrogen and oxygen atoms in total. The third-order valence-corrected chi connectivity index (χ3v) is 4.37. The van der Waals surface area contributed by atoms with Crippen molar-refractivity contribution in [2.45, 2.75) is 32.0 Å². The van der Waals surface area contributed by atoms with Crippen molar-refractivity contribution in [1.82, 2.24) is 15.2 Å². The number of hydrogen-bond acceptors (Lipinski definition) is 3. The Morgan fingerprint density at radius 2 is 2.10 bits per heavy atom. The van der Waals surface area contributed by atoms with Crippen LogP contribution < -0.4 is 5.32 Å². The molecule has 1 aliphatic heterocycles. The van der Waals surface area contributed by atoms with E-state index in [0.29, 0.717) is 12.1 Å². The Balaban J connectivity index is 1.51. The molecule has 1 saturated heterocycles. The molecule has 3 rings (SSSR count). The van der Waals surface area contributed by atoms with Crippen molar-refractivity contribution >= 4 is 0 Å². The summed E-state index contributed by atoms with van der Waals surface area (Å²) in [5.41, 5.74) is 2.66. The highest BCUT2D eigenvalue weighted by molar-refractivity contribution is 5.18. The fourth-order valence-corrected chi connectivity index (χ4v) is 3.01. The molecule has 1 aromatic heterocycles. The van der Waals surface area contributed by atoms with Crippen molar-refractivity contribution in [3.8, 4) is 0 Å². The van der Waals surface area contributed by atoms with E-state index in [1.165, 1.54) is 24.1 Å². The number of rotatable bonds is 5. The summed E-state index contributed by atoms with van der Waals surface area (Å²) in [6.07, 6.45) is 4.98. The first-order chi connectivity index (χ1) is 10.3. The SMILES string of the molecule is CC(c1ccccc1)N1CCC(NCc2cccnc2)C1. The van der Waals surface area contributed by atoms with E-state index in [1.807, 2.05) is 18.5 Å². The second kappa shape index (κ2) is 6.83. The molecule has 2 unspecified atom stereocenters. The molecule has 110 valence electrons. The Labute approximate surface area is 127 Å². The van der Waals surface area contributed by atoms with Gasteiger partial charge in [0.25, 0.3) is 0 Å². The van der Waals surface area contributed by atoms with Crippen molar-refractivity contribution in [3.63, 3.8) is 0 Å². The molecule has 1 aliphatic rings. The van der Waals surface area contributed by atoms with Crippen molar-refractivity contribution in [2.75, 3.05) is 13.1 Å². The summed E-state index contributed by atoms with van der Waals surface area (Å²) in [6.45, 7) is 5.50. The molecular formula is C18H23N3. The van der Waals surface area contributed by atoms with Gasteiger partial charge in [0.05, 0.1) is 0 Å². The maximum atomic E-state index is 4.16. The van der Waals surface area contributed by atoms with Crippen LogP contribution in [0.15, 0.2) is 54.9 Å². The molecule has 2 heterocycles. The number of nitrogens with one attached hydrogen (secondary N) is 1. The van der Waals surface area contributed by atoms with Crippen LogP contribution in [0.5, 0.6) is 0 Å². The van der Waals surface area contributed by atoms with Gasteiger partial charge in [0.15, 0.2) is 0 Å². The van der Waals surface area contributed by atoms with Gasteiger partial charge in [-0.25, -0.2) is 0 Å². The number of benzene rings is 1. The van der Waals surface area contributed by atoms with Gasteiger partial charge in [-0.3, -0.25) is 9.88 Å². The average molecular weight is 281 g/mol. The normalized spacial score (nSPS) is 20.5. The lowest BCUT2D eigenvalue weighted by molar-refractivity contribution is 0.255. The van der Waals surface area contributed by atoms with Gasteiger partial charge >= 0.3 is 0 Å². The highest BCUT2D eigenvalue weighted by Crippen LogP contribution is 2.24. The number of likely N-dealkylation sites (tertiary alicyclic amines) is 1. The lowest BCUT2D eigenvalue weighted by Crippen LogP contribution is -2.33. The van der Waals surface area contributed by atoms with Gasteiger partial charge in [0, 0.05) is 44.1 Å². The molecule has 0 amide bonds. The van der Waals surface area contributed by atoms with E-state index >= 15 is 0 Å². The smallest absolute Gasteiger partial charge is 0.0320 e. The molecule has 0 bridgehead atoms. The molecule has 21 heavy (non-hydrogen) atoms. The molecule has 0 aliphatic carbocycles. The minimum atomic E-state index is 0.497. The lowest BCUT2D eigenvalue weighted by Gasteiger charge is -2.24. The van der Waals surface area contributed by atoms with Gasteiger partial charge in [0.1, 0.15) is 0 Å². The van der Waals surface area contributed by atoms with Gasteiger partial charge in [-0.1, -0.05) is 36.4 Å². The zero-order valence-electron chi connectivity index (χ0n) is 12.6. The van der Waals surface area contributed by atoms with E-state index in [4.69, 9.17) is 0 Å². The molecular weight excluding hydrogens is 258 g/mol. The average Bonchev–Trinajstić information content (AvgIpc) is 3.03. The van der Waals surface area contributed by atoms with E-state index in [2.05, 4.69) is 58.5 Å². The molecule has 1 fully saturated rings. The molecule has 1 N–H and O–H groups in total. The van der Waals surface area contributed by atoms with E-state index in [-0.39, 0.29) is 0 Å². The van der Waals surface area contributed by atoms with E-state index < -0.39 is 0 Å². The van der Waals surface area contributed by atoms with Crippen LogP contribution in [0.1, 0.15) is 30.5 Å². The molecule has 2 aromatic rings. The van der Waals surface area contributed by atoms with Gasteiger partial charge in [-0.05, 0) is 30.5 Å². The summed E-state index contributed by atoms with van der Waals surface area (Å²) in [6, 6.07) is 16.0. The van der Waals surface area contributed by atoms with Crippen LogP contribution in [0.3, 0.4) is 0 Å². The van der Waals surface area contributed by atoms with Crippen LogP contribution in [0.2, 0.25) is 0 Å². The second-order valence-corrected chi connectivity index (χ2v) is 5.81. The van der Waals surface area contributed by atoms with Crippen molar-refractivity contribution in [3.05, 3.63) is 66.0 Å². The number of aromatic nitrogens is 1. The number of nitrogens with zero attached hydrogens (tertiary/aromatic N) is 2. The van der Waals surface area contributed by atoms with Crippen molar-refractivity contribution in [2.24, 2.45) is 0 Å². The predicted octanol–water partition coefficient (Wildman–Crippen LogP) is 3.01. The largest absolute Gasteiger partial charge is 0.309 e. The Bertz CT molecular complexity index is 541. The minimum absolute atomic E-state index is 0.497. The first kappa shape index (κ1) is 14.2. The quantitative estimate of drug-likeness (QED) is 0.913. The minimum Gasteiger partial charge on any atom is -0.309 e. The molecule has 0 spiro atoms. The standard InChI is InChI=1S/C18H23N3/c1-15(17-7-3-2-4-8-17)21-11-9-18(14-21)20-13-16-6-5-10-19-12-16/h2-8,10,12,15,18,20H,9,11,13-14H2,1H3. The van der Waals surface area contributed by atoms with E-state index in [0.717, 1.165) is 13.1 Å². The third-order valence-electron chi connectivity index (χ3n) is 4.37. The van der Waals surface area contributed by atoms with Crippen LogP contribution >= 0.6 is 0 Å². The Kier molecular flexibility index (Phi) is 4.63. The molecule has 2 atom stereocenters. The van der Waals surface area contributed by atoms with Gasteiger partial charge in [-0.2, -0.15) is 0 Å². The van der Waals surface area contributed by atoms with Crippen LogP contribution in [0.4, 0.5) is 0 Å². The highest BCUT2D eigenvalue weighted by Gasteiger charge is 2.26. The number of hydrogen-bond donors (Lipinski definition) is 1. The second-order valence-electron chi connectivity index (χ2n) is 5.81. The predicted molar refractivity (Wildman–Crippen MR) is 85.9 cm³/mol. The fourth-order valence-electron chi connectivity index (χ4n) is 3.01. The Hall–Kier alpha value is -1.71. The summed E-state index contributed by atoms with van der Waals surface area (Å²) in [7, 11) is 0. The maximum Gasteiger partial charge on any atom is 0.0320 e. The van der Waals surface area contributed by atoms with Gasteiger partial charge < -0.3 is 5.32 Å². The lowest BCUT2D eigenvalue weighted by atomic mass is 10.1. The van der Waals surface area contributed by atoms with Gasteiger partial charge in [-0.15, -0.1) is 0 Å². The van der Waals surface area contributed by atoms with Crippen molar-refractivity contribution < 1.29 is 0 Å². The molecule has 3 heteroatoms.